The molecule has 5 heteroatoms. The number of hydrogen-bond donors (Lipinski definition) is 0. The normalized spacial score (nSPS) is 18.7. The van der Waals surface area contributed by atoms with E-state index in [0.717, 1.165) is 17.8 Å². The molecule has 1 saturated heterocycles. The molecule has 2 aromatic heterocycles. The molecular weight excluding hydrogens is 422 g/mol. The zero-order chi connectivity index (χ0) is 23.7. The summed E-state index contributed by atoms with van der Waals surface area (Å²) in [5, 5.41) is 1.32. The number of rotatable bonds is 4. The standard InChI is InChI=1S/C27H27N3O2.C2H6/c1-28-25-15-21(7-8-23(25)24-17-29-12-9-20(10-13-29)27(24)28)30-14-11-22(16-26(30)31)32-18-19-5-3-2-4-6-19;1-2/h2-8,11,14-16,20H,9-10,12-13,17-18H2,1H3;1-2H3. The fourth-order valence-corrected chi connectivity index (χ4v) is 5.45. The number of ether oxygens (including phenoxy) is 1. The van der Waals surface area contributed by atoms with Crippen molar-refractivity contribution in [2.75, 3.05) is 13.1 Å². The van der Waals surface area contributed by atoms with E-state index in [1.165, 1.54) is 48.1 Å². The van der Waals surface area contributed by atoms with Crippen LogP contribution in [0.1, 0.15) is 49.4 Å². The van der Waals surface area contributed by atoms with Crippen LogP contribution in [0.3, 0.4) is 0 Å². The number of aryl methyl sites for hydroxylation is 1. The lowest BCUT2D eigenvalue weighted by Gasteiger charge is -2.27. The zero-order valence-electron chi connectivity index (χ0n) is 20.3. The van der Waals surface area contributed by atoms with Gasteiger partial charge in [-0.05, 0) is 55.3 Å². The van der Waals surface area contributed by atoms with Crippen LogP contribution in [-0.2, 0) is 20.2 Å². The van der Waals surface area contributed by atoms with Gasteiger partial charge < -0.3 is 9.30 Å². The van der Waals surface area contributed by atoms with Crippen LogP contribution in [0, 0.1) is 0 Å². The molecule has 5 heterocycles. The first-order valence-corrected chi connectivity index (χ1v) is 12.4. The van der Waals surface area contributed by atoms with E-state index in [9.17, 15) is 4.79 Å². The van der Waals surface area contributed by atoms with Gasteiger partial charge in [-0.2, -0.15) is 0 Å². The van der Waals surface area contributed by atoms with Crippen LogP contribution in [-0.4, -0.2) is 27.1 Å². The highest BCUT2D eigenvalue weighted by Gasteiger charge is 2.31. The molecule has 0 aliphatic carbocycles. The van der Waals surface area contributed by atoms with Crippen LogP contribution < -0.4 is 10.3 Å². The van der Waals surface area contributed by atoms with Crippen molar-refractivity contribution in [1.82, 2.24) is 14.0 Å². The molecule has 3 aliphatic rings. The fraction of sp³-hybridized carbons (Fsp3) is 0.345. The van der Waals surface area contributed by atoms with E-state index in [1.54, 1.807) is 10.6 Å². The zero-order valence-corrected chi connectivity index (χ0v) is 20.3. The predicted octanol–water partition coefficient (Wildman–Crippen LogP) is 5.63. The largest absolute Gasteiger partial charge is 0.489 e. The Bertz CT molecular complexity index is 1350. The summed E-state index contributed by atoms with van der Waals surface area (Å²) in [6.07, 6.45) is 4.30. The van der Waals surface area contributed by atoms with E-state index in [0.29, 0.717) is 18.3 Å². The van der Waals surface area contributed by atoms with Crippen LogP contribution in [0.25, 0.3) is 16.6 Å². The lowest BCUT2D eigenvalue weighted by molar-refractivity contribution is 0.220. The van der Waals surface area contributed by atoms with Crippen LogP contribution >= 0.6 is 0 Å². The van der Waals surface area contributed by atoms with Crippen molar-refractivity contribution < 1.29 is 4.74 Å². The third-order valence-corrected chi connectivity index (χ3v) is 7.11. The Morgan fingerprint density at radius 1 is 0.971 bits per heavy atom. The van der Waals surface area contributed by atoms with E-state index in [-0.39, 0.29) is 5.56 Å². The number of fused-ring (bicyclic) bond motifs is 3. The average Bonchev–Trinajstić information content (AvgIpc) is 3.02. The molecule has 0 atom stereocenters. The second-order valence-corrected chi connectivity index (χ2v) is 9.02. The van der Waals surface area contributed by atoms with Gasteiger partial charge in [-0.1, -0.05) is 50.2 Å². The van der Waals surface area contributed by atoms with Gasteiger partial charge in [0.25, 0.3) is 5.56 Å². The second kappa shape index (κ2) is 9.51. The van der Waals surface area contributed by atoms with E-state index < -0.39 is 0 Å². The Morgan fingerprint density at radius 3 is 2.47 bits per heavy atom. The number of aromatic nitrogens is 2. The first-order valence-electron chi connectivity index (χ1n) is 12.4. The Morgan fingerprint density at radius 2 is 1.74 bits per heavy atom. The summed E-state index contributed by atoms with van der Waals surface area (Å²) in [5.41, 5.74) is 6.06. The maximum absolute atomic E-state index is 12.9. The highest BCUT2D eigenvalue weighted by Crippen LogP contribution is 2.40. The van der Waals surface area contributed by atoms with Crippen molar-refractivity contribution in [2.45, 2.75) is 45.8 Å². The minimum absolute atomic E-state index is 0.0872. The van der Waals surface area contributed by atoms with Gasteiger partial charge in [0, 0.05) is 42.9 Å². The van der Waals surface area contributed by atoms with E-state index in [1.807, 2.05) is 56.4 Å². The third kappa shape index (κ3) is 4.05. The van der Waals surface area contributed by atoms with Crippen molar-refractivity contribution in [3.05, 3.63) is 94.0 Å². The molecular formula is C29H33N3O2. The summed E-state index contributed by atoms with van der Waals surface area (Å²) in [4.78, 5) is 15.5. The van der Waals surface area contributed by atoms with Gasteiger partial charge in [0.1, 0.15) is 12.4 Å². The molecule has 0 N–H and O–H groups in total. The molecule has 176 valence electrons. The van der Waals surface area contributed by atoms with Gasteiger partial charge in [0.15, 0.2) is 0 Å². The molecule has 2 bridgehead atoms. The molecule has 0 amide bonds. The van der Waals surface area contributed by atoms with E-state index in [2.05, 4.69) is 34.7 Å². The Balaban J connectivity index is 0.00000117. The average molecular weight is 456 g/mol. The second-order valence-electron chi connectivity index (χ2n) is 9.02. The van der Waals surface area contributed by atoms with Crippen LogP contribution in [0.15, 0.2) is 71.7 Å². The summed E-state index contributed by atoms with van der Waals surface area (Å²) < 4.78 is 9.89. The molecule has 3 aliphatic heterocycles. The van der Waals surface area contributed by atoms with Gasteiger partial charge in [-0.15, -0.1) is 0 Å². The molecule has 0 radical (unpaired) electrons. The summed E-state index contributed by atoms with van der Waals surface area (Å²) >= 11 is 0. The number of nitrogens with zero attached hydrogens (tertiary/aromatic N) is 3. The summed E-state index contributed by atoms with van der Waals surface area (Å²) in [5.74, 6) is 1.24. The lowest BCUT2D eigenvalue weighted by Crippen LogP contribution is -2.29. The molecule has 34 heavy (non-hydrogen) atoms. The number of piperidine rings is 1. The third-order valence-electron chi connectivity index (χ3n) is 7.11. The Kier molecular flexibility index (Phi) is 6.29. The molecule has 0 spiro atoms. The summed E-state index contributed by atoms with van der Waals surface area (Å²) in [7, 11) is 2.18. The van der Waals surface area contributed by atoms with Gasteiger partial charge in [-0.25, -0.2) is 0 Å². The highest BCUT2D eigenvalue weighted by atomic mass is 16.5. The SMILES string of the molecule is CC.Cn1c2c(c3ccc(-n4ccc(OCc5ccccc5)cc4=O)cc31)CN1CCC2CC1. The van der Waals surface area contributed by atoms with E-state index in [4.69, 9.17) is 4.74 Å². The molecule has 5 nitrogen and oxygen atoms in total. The van der Waals surface area contributed by atoms with Gasteiger partial charge >= 0.3 is 0 Å². The van der Waals surface area contributed by atoms with Crippen molar-refractivity contribution in [1.29, 1.82) is 0 Å². The van der Waals surface area contributed by atoms with Crippen molar-refractivity contribution >= 4 is 10.9 Å². The van der Waals surface area contributed by atoms with Crippen LogP contribution in [0.5, 0.6) is 5.75 Å². The lowest BCUT2D eigenvalue weighted by atomic mass is 9.94. The molecule has 2 aromatic carbocycles. The molecule has 0 saturated carbocycles. The summed E-state index contributed by atoms with van der Waals surface area (Å²) in [6.45, 7) is 7.89. The number of benzene rings is 2. The van der Waals surface area contributed by atoms with Gasteiger partial charge in [0.2, 0.25) is 0 Å². The minimum Gasteiger partial charge on any atom is -0.489 e. The maximum atomic E-state index is 12.9. The number of hydrogen-bond acceptors (Lipinski definition) is 3. The molecule has 1 fully saturated rings. The Labute approximate surface area is 201 Å². The Hall–Kier alpha value is -3.31. The molecule has 0 unspecified atom stereocenters. The first-order chi connectivity index (χ1) is 16.7. The smallest absolute Gasteiger partial charge is 0.258 e. The van der Waals surface area contributed by atoms with Crippen LogP contribution in [0.4, 0.5) is 0 Å². The molecule has 7 rings (SSSR count). The van der Waals surface area contributed by atoms with Crippen molar-refractivity contribution in [3.8, 4) is 11.4 Å². The van der Waals surface area contributed by atoms with Crippen molar-refractivity contribution in [3.63, 3.8) is 0 Å². The first kappa shape index (κ1) is 22.5. The highest BCUT2D eigenvalue weighted by molar-refractivity contribution is 5.87. The van der Waals surface area contributed by atoms with Gasteiger partial charge in [-0.3, -0.25) is 14.3 Å². The van der Waals surface area contributed by atoms with Crippen molar-refractivity contribution in [2.24, 2.45) is 7.05 Å². The van der Waals surface area contributed by atoms with Crippen LogP contribution in [0.2, 0.25) is 0 Å². The topological polar surface area (TPSA) is 39.4 Å². The van der Waals surface area contributed by atoms with Gasteiger partial charge in [0.05, 0.1) is 11.2 Å². The monoisotopic (exact) mass is 455 g/mol. The minimum atomic E-state index is -0.0872. The van der Waals surface area contributed by atoms with E-state index >= 15 is 0 Å². The predicted molar refractivity (Wildman–Crippen MR) is 138 cm³/mol. The number of pyridine rings is 1. The maximum Gasteiger partial charge on any atom is 0.258 e. The quantitative estimate of drug-likeness (QED) is 0.401. The summed E-state index contributed by atoms with van der Waals surface area (Å²) in [6, 6.07) is 19.8. The fourth-order valence-electron chi connectivity index (χ4n) is 5.45. The molecule has 4 aromatic rings.